The second-order valence-corrected chi connectivity index (χ2v) is 4.47. The molecule has 0 bridgehead atoms. The van der Waals surface area contributed by atoms with Crippen molar-refractivity contribution in [2.75, 3.05) is 33.4 Å². The summed E-state index contributed by atoms with van der Waals surface area (Å²) >= 11 is 0. The minimum atomic E-state index is 0.762. The molecule has 1 aliphatic carbocycles. The van der Waals surface area contributed by atoms with Crippen molar-refractivity contribution in [3.63, 3.8) is 0 Å². The fourth-order valence-corrected chi connectivity index (χ4v) is 2.41. The molecule has 2 aliphatic rings. The quantitative estimate of drug-likeness (QED) is 0.442. The Hall–Kier alpha value is -0.340. The van der Waals surface area contributed by atoms with Gasteiger partial charge in [0.05, 0.1) is 20.3 Å². The first-order valence-corrected chi connectivity index (χ1v) is 5.40. The van der Waals surface area contributed by atoms with Crippen LogP contribution >= 0.6 is 0 Å². The monoisotopic (exact) mass is 182 g/mol. The van der Waals surface area contributed by atoms with Crippen LogP contribution in [-0.2, 0) is 4.74 Å². The summed E-state index contributed by atoms with van der Waals surface area (Å²) in [5.74, 6) is 0. The fourth-order valence-electron chi connectivity index (χ4n) is 2.41. The largest absolute Gasteiger partial charge is 0.370 e. The number of rotatable bonds is 1. The lowest BCUT2D eigenvalue weighted by atomic mass is 9.99. The Morgan fingerprint density at radius 1 is 1.31 bits per heavy atom. The van der Waals surface area contributed by atoms with E-state index < -0.39 is 0 Å². The van der Waals surface area contributed by atoms with E-state index in [1.54, 1.807) is 0 Å². The van der Waals surface area contributed by atoms with Gasteiger partial charge in [-0.05, 0) is 18.9 Å². The second kappa shape index (κ2) is 3.81. The van der Waals surface area contributed by atoms with Gasteiger partial charge < -0.3 is 9.22 Å². The van der Waals surface area contributed by atoms with Crippen molar-refractivity contribution in [3.8, 4) is 0 Å². The van der Waals surface area contributed by atoms with Gasteiger partial charge in [-0.25, -0.2) is 0 Å². The van der Waals surface area contributed by atoms with E-state index in [1.807, 2.05) is 0 Å². The van der Waals surface area contributed by atoms with Crippen molar-refractivity contribution in [2.24, 2.45) is 0 Å². The summed E-state index contributed by atoms with van der Waals surface area (Å²) in [4.78, 5) is 0. The Labute approximate surface area is 80.8 Å². The molecule has 0 amide bonds. The average molecular weight is 182 g/mol. The smallest absolute Gasteiger partial charge is 0.108 e. The number of likely N-dealkylation sites (N-methyl/N-ethyl adjacent to an activating group) is 1. The third-order valence-electron chi connectivity index (χ3n) is 3.52. The van der Waals surface area contributed by atoms with Crippen LogP contribution in [0.15, 0.2) is 12.2 Å². The summed E-state index contributed by atoms with van der Waals surface area (Å²) in [6.45, 7) is 4.27. The van der Waals surface area contributed by atoms with Crippen molar-refractivity contribution in [1.29, 1.82) is 0 Å². The number of hydrogen-bond acceptors (Lipinski definition) is 1. The van der Waals surface area contributed by atoms with E-state index in [1.165, 1.54) is 36.8 Å². The minimum absolute atomic E-state index is 0.762. The van der Waals surface area contributed by atoms with Crippen LogP contribution in [0.1, 0.15) is 19.3 Å². The molecule has 0 spiro atoms. The van der Waals surface area contributed by atoms with Crippen LogP contribution in [0.3, 0.4) is 0 Å². The number of morpholine rings is 1. The highest BCUT2D eigenvalue weighted by Crippen LogP contribution is 2.23. The Bertz CT molecular complexity index is 194. The molecule has 0 radical (unpaired) electrons. The zero-order chi connectivity index (χ0) is 9.15. The highest BCUT2D eigenvalue weighted by Gasteiger charge is 2.33. The van der Waals surface area contributed by atoms with Gasteiger partial charge in [-0.1, -0.05) is 6.08 Å². The van der Waals surface area contributed by atoms with Crippen molar-refractivity contribution in [3.05, 3.63) is 12.2 Å². The third-order valence-corrected chi connectivity index (χ3v) is 3.52. The Morgan fingerprint density at radius 3 is 2.69 bits per heavy atom. The summed E-state index contributed by atoms with van der Waals surface area (Å²) in [6, 6.07) is 0.762. The van der Waals surface area contributed by atoms with Crippen molar-refractivity contribution in [1.82, 2.24) is 0 Å². The third kappa shape index (κ3) is 1.94. The maximum absolute atomic E-state index is 5.42. The summed E-state index contributed by atoms with van der Waals surface area (Å²) in [6.07, 6.45) is 8.80. The van der Waals surface area contributed by atoms with Crippen molar-refractivity contribution in [2.45, 2.75) is 25.3 Å². The van der Waals surface area contributed by atoms with Crippen LogP contribution in [0, 0.1) is 0 Å². The Morgan fingerprint density at radius 2 is 2.08 bits per heavy atom. The SMILES string of the molecule is C[N+]1(C2C=CCCC2)CCOCC1. The van der Waals surface area contributed by atoms with Gasteiger partial charge in [-0.15, -0.1) is 0 Å². The van der Waals surface area contributed by atoms with Crippen molar-refractivity contribution >= 4 is 0 Å². The molecule has 13 heavy (non-hydrogen) atoms. The molecular formula is C11H20NO+. The summed E-state index contributed by atoms with van der Waals surface area (Å²) in [5.41, 5.74) is 0. The molecule has 1 unspecified atom stereocenters. The predicted molar refractivity (Wildman–Crippen MR) is 53.5 cm³/mol. The number of ether oxygens (including phenoxy) is 1. The molecule has 0 aromatic rings. The molecule has 74 valence electrons. The summed E-state index contributed by atoms with van der Waals surface area (Å²) in [5, 5.41) is 0. The summed E-state index contributed by atoms with van der Waals surface area (Å²) in [7, 11) is 2.38. The van der Waals surface area contributed by atoms with E-state index in [-0.39, 0.29) is 0 Å². The average Bonchev–Trinajstić information content (AvgIpc) is 2.20. The van der Waals surface area contributed by atoms with Crippen LogP contribution in [0.2, 0.25) is 0 Å². The zero-order valence-corrected chi connectivity index (χ0v) is 8.54. The molecule has 2 nitrogen and oxygen atoms in total. The van der Waals surface area contributed by atoms with Crippen molar-refractivity contribution < 1.29 is 9.22 Å². The van der Waals surface area contributed by atoms with Crippen LogP contribution in [0.4, 0.5) is 0 Å². The maximum Gasteiger partial charge on any atom is 0.108 e. The Balaban J connectivity index is 2.03. The molecular weight excluding hydrogens is 162 g/mol. The molecule has 1 fully saturated rings. The Kier molecular flexibility index (Phi) is 2.70. The minimum Gasteiger partial charge on any atom is -0.370 e. The van der Waals surface area contributed by atoms with E-state index in [4.69, 9.17) is 4.74 Å². The van der Waals surface area contributed by atoms with Crippen LogP contribution in [0.5, 0.6) is 0 Å². The molecule has 1 aliphatic heterocycles. The molecule has 1 saturated heterocycles. The lowest BCUT2D eigenvalue weighted by Crippen LogP contribution is -2.57. The van der Waals surface area contributed by atoms with E-state index in [9.17, 15) is 0 Å². The van der Waals surface area contributed by atoms with Gasteiger partial charge in [0.2, 0.25) is 0 Å². The number of allylic oxidation sites excluding steroid dienone is 1. The fraction of sp³-hybridized carbons (Fsp3) is 0.818. The van der Waals surface area contributed by atoms with Crippen LogP contribution in [0.25, 0.3) is 0 Å². The van der Waals surface area contributed by atoms with E-state index in [0.717, 1.165) is 19.3 Å². The van der Waals surface area contributed by atoms with Gasteiger partial charge in [0.15, 0.2) is 0 Å². The molecule has 2 rings (SSSR count). The van der Waals surface area contributed by atoms with Gasteiger partial charge in [0.25, 0.3) is 0 Å². The first-order chi connectivity index (χ1) is 6.31. The molecule has 2 heteroatoms. The topological polar surface area (TPSA) is 9.23 Å². The number of nitrogens with zero attached hydrogens (tertiary/aromatic N) is 1. The van der Waals surface area contributed by atoms with Crippen LogP contribution in [-0.4, -0.2) is 43.9 Å². The van der Waals surface area contributed by atoms with E-state index in [2.05, 4.69) is 19.2 Å². The first-order valence-electron chi connectivity index (χ1n) is 5.40. The summed E-state index contributed by atoms with van der Waals surface area (Å²) < 4.78 is 6.62. The molecule has 0 N–H and O–H groups in total. The van der Waals surface area contributed by atoms with Gasteiger partial charge in [0, 0.05) is 6.42 Å². The van der Waals surface area contributed by atoms with E-state index >= 15 is 0 Å². The number of hydrogen-bond donors (Lipinski definition) is 0. The lowest BCUT2D eigenvalue weighted by Gasteiger charge is -2.43. The standard InChI is InChI=1S/C11H20NO/c1-12(7-9-13-10-8-12)11-5-3-2-4-6-11/h3,5,11H,2,4,6-10H2,1H3/q+1. The van der Waals surface area contributed by atoms with Gasteiger partial charge >= 0.3 is 0 Å². The predicted octanol–water partition coefficient (Wildman–Crippen LogP) is 1.57. The van der Waals surface area contributed by atoms with Crippen LogP contribution < -0.4 is 0 Å². The first kappa shape index (κ1) is 9.22. The normalized spacial score (nSPS) is 33.2. The van der Waals surface area contributed by atoms with Gasteiger partial charge in [-0.2, -0.15) is 0 Å². The molecule has 0 aromatic carbocycles. The highest BCUT2D eigenvalue weighted by atomic mass is 16.5. The number of quaternary nitrogens is 1. The molecule has 1 atom stereocenters. The maximum atomic E-state index is 5.42. The van der Waals surface area contributed by atoms with Gasteiger partial charge in [0.1, 0.15) is 19.1 Å². The lowest BCUT2D eigenvalue weighted by molar-refractivity contribution is -0.934. The highest BCUT2D eigenvalue weighted by molar-refractivity contribution is 4.94. The zero-order valence-electron chi connectivity index (χ0n) is 8.54. The molecule has 0 aromatic heterocycles. The van der Waals surface area contributed by atoms with Gasteiger partial charge in [-0.3, -0.25) is 0 Å². The molecule has 0 saturated carbocycles. The molecule has 1 heterocycles. The second-order valence-electron chi connectivity index (χ2n) is 4.47. The van der Waals surface area contributed by atoms with E-state index in [0.29, 0.717) is 0 Å².